The van der Waals surface area contributed by atoms with Crippen LogP contribution in [0.1, 0.15) is 38.7 Å². The number of carbonyl (C=O) groups excluding carboxylic acids is 2. The van der Waals surface area contributed by atoms with Gasteiger partial charge in [-0.05, 0) is 48.0 Å². The summed E-state index contributed by atoms with van der Waals surface area (Å²) < 4.78 is 14.1. The number of hydrogen-bond donors (Lipinski definition) is 3. The second-order valence-corrected chi connectivity index (χ2v) is 8.85. The highest BCUT2D eigenvalue weighted by atomic mass is 32.1. The van der Waals surface area contributed by atoms with E-state index < -0.39 is 23.7 Å². The van der Waals surface area contributed by atoms with Gasteiger partial charge < -0.3 is 15.7 Å². The van der Waals surface area contributed by atoms with Crippen LogP contribution in [0.25, 0.3) is 0 Å². The fraction of sp³-hybridized carbons (Fsp3) is 0.0769. The SMILES string of the molecule is Nc1ccc(C#Cc2ccc3c(c2)C(=O)N(C(C(=O)Nc2nccs2)c2cc(F)ccc2O)C3)cn1. The van der Waals surface area contributed by atoms with Crippen molar-refractivity contribution in [2.45, 2.75) is 12.6 Å². The molecule has 0 radical (unpaired) electrons. The molecule has 1 unspecified atom stereocenters. The fourth-order valence-electron chi connectivity index (χ4n) is 3.89. The molecule has 1 atom stereocenters. The molecular formula is C26H18FN5O3S. The third-order valence-corrected chi connectivity index (χ3v) is 6.27. The van der Waals surface area contributed by atoms with E-state index in [1.807, 2.05) is 0 Å². The Bertz CT molecular complexity index is 1530. The first kappa shape index (κ1) is 23.0. The minimum absolute atomic E-state index is 0.0268. The van der Waals surface area contributed by atoms with E-state index in [4.69, 9.17) is 5.73 Å². The topological polar surface area (TPSA) is 121 Å². The number of nitrogens with two attached hydrogens (primary N) is 1. The van der Waals surface area contributed by atoms with E-state index in [1.54, 1.807) is 41.9 Å². The molecule has 0 saturated heterocycles. The summed E-state index contributed by atoms with van der Waals surface area (Å²) in [6.45, 7) is 0.0929. The van der Waals surface area contributed by atoms with Crippen LogP contribution in [0.3, 0.4) is 0 Å². The third-order valence-electron chi connectivity index (χ3n) is 5.59. The summed E-state index contributed by atoms with van der Waals surface area (Å²) in [5, 5.41) is 15.1. The van der Waals surface area contributed by atoms with E-state index in [0.717, 1.165) is 18.2 Å². The zero-order valence-corrected chi connectivity index (χ0v) is 19.4. The number of aromatic nitrogens is 2. The average Bonchev–Trinajstić information content (AvgIpc) is 3.49. The minimum Gasteiger partial charge on any atom is -0.508 e. The first-order chi connectivity index (χ1) is 17.4. The summed E-state index contributed by atoms with van der Waals surface area (Å²) in [4.78, 5) is 36.1. The number of aromatic hydroxyl groups is 1. The van der Waals surface area contributed by atoms with Gasteiger partial charge in [0.1, 0.15) is 23.4 Å². The molecule has 1 aliphatic rings. The lowest BCUT2D eigenvalue weighted by Crippen LogP contribution is -2.37. The molecule has 2 aromatic heterocycles. The van der Waals surface area contributed by atoms with Crippen LogP contribution >= 0.6 is 11.3 Å². The molecule has 4 N–H and O–H groups in total. The summed E-state index contributed by atoms with van der Waals surface area (Å²) in [7, 11) is 0. The van der Waals surface area contributed by atoms with Gasteiger partial charge in [-0.1, -0.05) is 17.9 Å². The number of carbonyl (C=O) groups is 2. The summed E-state index contributed by atoms with van der Waals surface area (Å²) in [5.74, 6) is 4.35. The van der Waals surface area contributed by atoms with Gasteiger partial charge in [-0.2, -0.15) is 0 Å². The minimum atomic E-state index is -1.29. The normalized spacial score (nSPS) is 13.0. The van der Waals surface area contributed by atoms with Crippen molar-refractivity contribution >= 4 is 34.1 Å². The van der Waals surface area contributed by atoms with E-state index in [-0.39, 0.29) is 17.9 Å². The lowest BCUT2D eigenvalue weighted by molar-refractivity contribution is -0.120. The number of nitrogens with zero attached hydrogens (tertiary/aromatic N) is 3. The van der Waals surface area contributed by atoms with Crippen molar-refractivity contribution < 1.29 is 19.1 Å². The van der Waals surface area contributed by atoms with Crippen LogP contribution in [0.5, 0.6) is 5.75 Å². The van der Waals surface area contributed by atoms with Crippen LogP contribution < -0.4 is 11.1 Å². The van der Waals surface area contributed by atoms with Gasteiger partial charge in [-0.15, -0.1) is 11.3 Å². The molecule has 0 bridgehead atoms. The maximum Gasteiger partial charge on any atom is 0.255 e. The number of amides is 2. The highest BCUT2D eigenvalue weighted by Gasteiger charge is 2.39. The molecule has 3 heterocycles. The molecule has 0 aliphatic carbocycles. The standard InChI is InChI=1S/C26H18FN5O3S/c27-18-6-7-21(33)20(12-18)23(24(34)31-26-29-9-10-36-26)32-14-17-5-3-15(11-19(17)25(32)35)1-2-16-4-8-22(28)30-13-16/h3-13,23,33H,14H2,(H2,28,30)(H,29,31,34). The number of thiazole rings is 1. The summed E-state index contributed by atoms with van der Waals surface area (Å²) in [6.07, 6.45) is 3.08. The number of fused-ring (bicyclic) bond motifs is 1. The number of halogens is 1. The fourth-order valence-corrected chi connectivity index (χ4v) is 4.42. The Kier molecular flexibility index (Phi) is 6.06. The number of nitrogen functional groups attached to an aromatic ring is 1. The van der Waals surface area contributed by atoms with Crippen molar-refractivity contribution in [3.63, 3.8) is 0 Å². The first-order valence-electron chi connectivity index (χ1n) is 10.8. The van der Waals surface area contributed by atoms with Gasteiger partial charge in [-0.3, -0.25) is 14.9 Å². The van der Waals surface area contributed by atoms with Crippen LogP contribution in [0.15, 0.2) is 66.3 Å². The second kappa shape index (κ2) is 9.48. The lowest BCUT2D eigenvalue weighted by Gasteiger charge is -2.27. The lowest BCUT2D eigenvalue weighted by atomic mass is 10.0. The van der Waals surface area contributed by atoms with Crippen molar-refractivity contribution in [1.29, 1.82) is 0 Å². The number of hydrogen-bond acceptors (Lipinski definition) is 7. The van der Waals surface area contributed by atoms with E-state index in [9.17, 15) is 19.1 Å². The number of benzene rings is 2. The van der Waals surface area contributed by atoms with E-state index in [0.29, 0.717) is 33.2 Å². The Balaban J connectivity index is 1.48. The van der Waals surface area contributed by atoms with E-state index in [2.05, 4.69) is 27.1 Å². The van der Waals surface area contributed by atoms with Crippen LogP contribution in [0, 0.1) is 17.7 Å². The average molecular weight is 500 g/mol. The Morgan fingerprint density at radius 1 is 1.14 bits per heavy atom. The van der Waals surface area contributed by atoms with Crippen LogP contribution in [-0.4, -0.2) is 31.8 Å². The van der Waals surface area contributed by atoms with Gasteiger partial charge in [0.05, 0.1) is 0 Å². The molecule has 0 saturated carbocycles. The number of nitrogens with one attached hydrogen (secondary N) is 1. The third kappa shape index (κ3) is 4.60. The largest absolute Gasteiger partial charge is 0.508 e. The highest BCUT2D eigenvalue weighted by molar-refractivity contribution is 7.13. The molecule has 178 valence electrons. The molecule has 10 heteroatoms. The van der Waals surface area contributed by atoms with Gasteiger partial charge in [0.25, 0.3) is 11.8 Å². The molecule has 5 rings (SSSR count). The molecule has 2 aromatic carbocycles. The number of pyridine rings is 1. The van der Waals surface area contributed by atoms with Gasteiger partial charge in [-0.25, -0.2) is 14.4 Å². The monoisotopic (exact) mass is 499 g/mol. The molecule has 0 spiro atoms. The number of phenols is 1. The summed E-state index contributed by atoms with van der Waals surface area (Å²) in [5.41, 5.74) is 7.89. The smallest absolute Gasteiger partial charge is 0.255 e. The molecule has 36 heavy (non-hydrogen) atoms. The zero-order valence-electron chi connectivity index (χ0n) is 18.6. The van der Waals surface area contributed by atoms with Crippen molar-refractivity contribution in [1.82, 2.24) is 14.9 Å². The molecular weight excluding hydrogens is 481 g/mol. The molecule has 1 aliphatic heterocycles. The molecule has 2 amide bonds. The Labute approximate surface area is 209 Å². The Morgan fingerprint density at radius 3 is 2.69 bits per heavy atom. The van der Waals surface area contributed by atoms with Crippen LogP contribution in [0.4, 0.5) is 15.3 Å². The number of anilines is 2. The Hall–Kier alpha value is -4.75. The van der Waals surface area contributed by atoms with Crippen molar-refractivity contribution in [2.24, 2.45) is 0 Å². The van der Waals surface area contributed by atoms with Crippen molar-refractivity contribution in [2.75, 3.05) is 11.1 Å². The zero-order chi connectivity index (χ0) is 25.2. The van der Waals surface area contributed by atoms with Gasteiger partial charge in [0.2, 0.25) is 0 Å². The second-order valence-electron chi connectivity index (χ2n) is 7.96. The first-order valence-corrected chi connectivity index (χ1v) is 11.6. The maximum absolute atomic E-state index is 14.1. The quantitative estimate of drug-likeness (QED) is 0.368. The van der Waals surface area contributed by atoms with Gasteiger partial charge >= 0.3 is 0 Å². The summed E-state index contributed by atoms with van der Waals surface area (Å²) >= 11 is 1.20. The predicted octanol–water partition coefficient (Wildman–Crippen LogP) is 3.70. The molecule has 0 fully saturated rings. The Morgan fingerprint density at radius 2 is 1.94 bits per heavy atom. The van der Waals surface area contributed by atoms with Gasteiger partial charge in [0.15, 0.2) is 5.13 Å². The predicted molar refractivity (Wildman–Crippen MR) is 132 cm³/mol. The van der Waals surface area contributed by atoms with Crippen LogP contribution in [0.2, 0.25) is 0 Å². The number of phenolic OH excluding ortho intramolecular Hbond substituents is 1. The van der Waals surface area contributed by atoms with Crippen molar-refractivity contribution in [3.05, 3.63) is 99.9 Å². The molecule has 4 aromatic rings. The van der Waals surface area contributed by atoms with Crippen molar-refractivity contribution in [3.8, 4) is 17.6 Å². The van der Waals surface area contributed by atoms with Gasteiger partial charge in [0, 0.05) is 46.6 Å². The summed E-state index contributed by atoms with van der Waals surface area (Å²) in [6, 6.07) is 10.6. The highest BCUT2D eigenvalue weighted by Crippen LogP contribution is 2.36. The molecule has 8 nitrogen and oxygen atoms in total. The number of rotatable bonds is 4. The van der Waals surface area contributed by atoms with E-state index >= 15 is 0 Å². The van der Waals surface area contributed by atoms with Crippen LogP contribution in [-0.2, 0) is 11.3 Å². The maximum atomic E-state index is 14.1. The van der Waals surface area contributed by atoms with E-state index in [1.165, 1.54) is 22.4 Å².